The second kappa shape index (κ2) is 4.19. The van der Waals surface area contributed by atoms with E-state index in [1.165, 1.54) is 7.11 Å². The van der Waals surface area contributed by atoms with E-state index in [0.29, 0.717) is 13.1 Å². The maximum atomic E-state index is 11.2. The van der Waals surface area contributed by atoms with E-state index >= 15 is 0 Å². The second-order valence-corrected chi connectivity index (χ2v) is 1.83. The predicted molar refractivity (Wildman–Crippen MR) is 36.6 cm³/mol. The third kappa shape index (κ3) is 2.75. The van der Waals surface area contributed by atoms with Crippen LogP contribution in [-0.4, -0.2) is 25.0 Å². The van der Waals surface area contributed by atoms with Gasteiger partial charge in [-0.05, 0) is 13.8 Å². The minimum Gasteiger partial charge on any atom is -0.603 e. The highest BCUT2D eigenvalue weighted by Gasteiger charge is 2.09. The molecule has 0 aliphatic carbocycles. The van der Waals surface area contributed by atoms with Crippen LogP contribution in [0.25, 0.3) is 0 Å². The molecule has 60 valence electrons. The van der Waals surface area contributed by atoms with Crippen molar-refractivity contribution in [3.63, 3.8) is 0 Å². The molecule has 0 atom stereocenters. The third-order valence-corrected chi connectivity index (χ3v) is 1.27. The van der Waals surface area contributed by atoms with Gasteiger partial charge in [0.15, 0.2) is 0 Å². The van der Waals surface area contributed by atoms with Crippen molar-refractivity contribution in [2.45, 2.75) is 13.8 Å². The first-order chi connectivity index (χ1) is 4.68. The first kappa shape index (κ1) is 9.32. The molecule has 0 aliphatic heterocycles. The van der Waals surface area contributed by atoms with Crippen molar-refractivity contribution in [2.75, 3.05) is 20.2 Å². The van der Waals surface area contributed by atoms with Gasteiger partial charge >= 0.3 is 0 Å². The van der Waals surface area contributed by atoms with Gasteiger partial charge in [0, 0.05) is 0 Å². The van der Waals surface area contributed by atoms with Gasteiger partial charge in [-0.25, -0.2) is 4.76 Å². The number of hydrogen-bond donors (Lipinski definition) is 0. The number of rotatable bonds is 4. The summed E-state index contributed by atoms with van der Waals surface area (Å²) in [6, 6.07) is 0. The predicted octanol–water partition coefficient (Wildman–Crippen LogP) is 1.27. The highest BCUT2D eigenvalue weighted by Crippen LogP contribution is 2.03. The normalized spacial score (nSPS) is 12.4. The molecule has 0 saturated carbocycles. The number of nitrogens with zero attached hydrogens (tertiary/aromatic N) is 3. The van der Waals surface area contributed by atoms with Crippen molar-refractivity contribution in [3.8, 4) is 0 Å². The summed E-state index contributed by atoms with van der Waals surface area (Å²) >= 11 is 0. The van der Waals surface area contributed by atoms with Crippen LogP contribution < -0.4 is 0 Å². The topological polar surface area (TPSA) is 57.0 Å². The summed E-state index contributed by atoms with van der Waals surface area (Å²) in [5, 5.41) is 17.8. The van der Waals surface area contributed by atoms with Crippen LogP contribution in [0, 0.1) is 5.21 Å². The first-order valence-electron chi connectivity index (χ1n) is 3.22. The SMILES string of the molecule is CC[N+]([O-])(CC)/N=N\OC. The Labute approximate surface area is 60.4 Å². The number of hydroxylamine groups is 2. The highest BCUT2D eigenvalue weighted by atomic mass is 16.7. The van der Waals surface area contributed by atoms with E-state index in [9.17, 15) is 5.21 Å². The molecule has 0 bridgehead atoms. The molecule has 0 radical (unpaired) electrons. The standard InChI is InChI=1S/C5H13N3O2/c1-4-8(9,5-2)6-7-10-3/h4-5H2,1-3H3/b7-6-. The summed E-state index contributed by atoms with van der Waals surface area (Å²) in [4.78, 5) is 4.28. The first-order valence-corrected chi connectivity index (χ1v) is 3.22. The quantitative estimate of drug-likeness (QED) is 0.341. The molecule has 0 spiro atoms. The Bertz CT molecular complexity index is 111. The Morgan fingerprint density at radius 3 is 2.20 bits per heavy atom. The van der Waals surface area contributed by atoms with E-state index in [2.05, 4.69) is 15.3 Å². The maximum absolute atomic E-state index is 11.2. The van der Waals surface area contributed by atoms with Crippen molar-refractivity contribution in [2.24, 2.45) is 10.5 Å². The van der Waals surface area contributed by atoms with Crippen LogP contribution in [0.1, 0.15) is 13.8 Å². The lowest BCUT2D eigenvalue weighted by Crippen LogP contribution is -2.35. The van der Waals surface area contributed by atoms with Crippen molar-refractivity contribution in [3.05, 3.63) is 5.21 Å². The second-order valence-electron chi connectivity index (χ2n) is 1.83. The van der Waals surface area contributed by atoms with E-state index in [4.69, 9.17) is 0 Å². The largest absolute Gasteiger partial charge is 0.603 e. The summed E-state index contributed by atoms with van der Waals surface area (Å²) in [5.41, 5.74) is 0. The minimum atomic E-state index is -0.673. The van der Waals surface area contributed by atoms with E-state index in [1.54, 1.807) is 13.8 Å². The fourth-order valence-corrected chi connectivity index (χ4v) is 0.453. The number of hydrogen-bond acceptors (Lipinski definition) is 4. The van der Waals surface area contributed by atoms with E-state index in [1.807, 2.05) is 0 Å². The average Bonchev–Trinajstić information content (AvgIpc) is 2.00. The van der Waals surface area contributed by atoms with Gasteiger partial charge in [-0.2, -0.15) is 0 Å². The molecule has 10 heavy (non-hydrogen) atoms. The van der Waals surface area contributed by atoms with Crippen LogP contribution >= 0.6 is 0 Å². The molecule has 0 aromatic carbocycles. The lowest BCUT2D eigenvalue weighted by Gasteiger charge is -2.30. The molecule has 0 rings (SSSR count). The summed E-state index contributed by atoms with van der Waals surface area (Å²) < 4.78 is -0.673. The zero-order chi connectivity index (χ0) is 8.04. The van der Waals surface area contributed by atoms with Crippen LogP contribution in [0.5, 0.6) is 0 Å². The summed E-state index contributed by atoms with van der Waals surface area (Å²) in [7, 11) is 1.36. The molecule has 0 N–H and O–H groups in total. The van der Waals surface area contributed by atoms with Gasteiger partial charge in [0.25, 0.3) is 0 Å². The highest BCUT2D eigenvalue weighted by molar-refractivity contribution is 4.25. The van der Waals surface area contributed by atoms with Crippen LogP contribution in [-0.2, 0) is 4.84 Å². The van der Waals surface area contributed by atoms with Crippen LogP contribution in [0.15, 0.2) is 10.5 Å². The van der Waals surface area contributed by atoms with Gasteiger partial charge in [-0.15, -0.1) is 0 Å². The van der Waals surface area contributed by atoms with Gasteiger partial charge in [0.2, 0.25) is 0 Å². The van der Waals surface area contributed by atoms with E-state index < -0.39 is 4.76 Å². The molecule has 0 fully saturated rings. The lowest BCUT2D eigenvalue weighted by atomic mass is 10.6. The Balaban J connectivity index is 3.92. The van der Waals surface area contributed by atoms with Gasteiger partial charge in [-0.3, -0.25) is 0 Å². The zero-order valence-corrected chi connectivity index (χ0v) is 6.57. The fraction of sp³-hybridized carbons (Fsp3) is 1.00. The van der Waals surface area contributed by atoms with Crippen molar-refractivity contribution in [1.29, 1.82) is 0 Å². The van der Waals surface area contributed by atoms with Crippen LogP contribution in [0.3, 0.4) is 0 Å². The molecule has 0 amide bonds. The molecule has 0 heterocycles. The molecule has 0 saturated heterocycles. The lowest BCUT2D eigenvalue weighted by molar-refractivity contribution is -0.890. The summed E-state index contributed by atoms with van der Waals surface area (Å²) in [6.07, 6.45) is 0. The molecular formula is C5H13N3O2. The molecule has 5 heteroatoms. The average molecular weight is 147 g/mol. The Kier molecular flexibility index (Phi) is 3.90. The Morgan fingerprint density at radius 1 is 1.40 bits per heavy atom. The molecular weight excluding hydrogens is 134 g/mol. The number of quaternary nitrogens is 1. The molecule has 0 aromatic heterocycles. The summed E-state index contributed by atoms with van der Waals surface area (Å²) in [5.74, 6) is 0. The zero-order valence-electron chi connectivity index (χ0n) is 6.57. The van der Waals surface area contributed by atoms with Crippen LogP contribution in [0.2, 0.25) is 0 Å². The molecule has 0 aromatic rings. The molecule has 0 unspecified atom stereocenters. The van der Waals surface area contributed by atoms with Crippen molar-refractivity contribution in [1.82, 2.24) is 0 Å². The third-order valence-electron chi connectivity index (χ3n) is 1.27. The fourth-order valence-electron chi connectivity index (χ4n) is 0.453. The Hall–Kier alpha value is -0.680. The summed E-state index contributed by atoms with van der Waals surface area (Å²) in [6.45, 7) is 4.27. The smallest absolute Gasteiger partial charge is 0.108 e. The molecule has 0 aliphatic rings. The minimum absolute atomic E-state index is 0.378. The van der Waals surface area contributed by atoms with Gasteiger partial charge in [0.05, 0.1) is 10.5 Å². The van der Waals surface area contributed by atoms with Crippen LogP contribution in [0.4, 0.5) is 0 Å². The maximum Gasteiger partial charge on any atom is 0.108 e. The molecule has 5 nitrogen and oxygen atoms in total. The van der Waals surface area contributed by atoms with Gasteiger partial charge < -0.3 is 10.0 Å². The van der Waals surface area contributed by atoms with E-state index in [-0.39, 0.29) is 0 Å². The van der Waals surface area contributed by atoms with E-state index in [0.717, 1.165) is 0 Å². The van der Waals surface area contributed by atoms with Gasteiger partial charge in [-0.1, -0.05) is 0 Å². The van der Waals surface area contributed by atoms with Crippen molar-refractivity contribution < 1.29 is 9.59 Å². The van der Waals surface area contributed by atoms with Crippen molar-refractivity contribution >= 4 is 0 Å². The van der Waals surface area contributed by atoms with Gasteiger partial charge in [0.1, 0.15) is 20.2 Å². The Morgan fingerprint density at radius 2 is 1.90 bits per heavy atom. The monoisotopic (exact) mass is 147 g/mol.